The van der Waals surface area contributed by atoms with Gasteiger partial charge < -0.3 is 19.8 Å². The number of amides is 2. The number of ether oxygens (including phenoxy) is 1. The lowest BCUT2D eigenvalue weighted by Crippen LogP contribution is -2.13. The standard InChI is InChI=1S/C20H17FN2O4/c1-12(24)22-13-7-8-18(26-2)16(11-13)23-20(25)19-10-9-17(27-19)14-5-3-4-6-15(14)21/h3-11H,1-2H3,(H,22,24)(H,23,25). The van der Waals surface area contributed by atoms with Gasteiger partial charge in [0, 0.05) is 12.6 Å². The Bertz CT molecular complexity index is 997. The molecule has 0 atom stereocenters. The Morgan fingerprint density at radius 1 is 1.04 bits per heavy atom. The van der Waals surface area contributed by atoms with Crippen LogP contribution in [0.2, 0.25) is 0 Å². The molecule has 0 aliphatic heterocycles. The quantitative estimate of drug-likeness (QED) is 0.703. The number of nitrogens with one attached hydrogen (secondary N) is 2. The van der Waals surface area contributed by atoms with Crippen molar-refractivity contribution < 1.29 is 23.1 Å². The predicted molar refractivity (Wildman–Crippen MR) is 99.4 cm³/mol. The van der Waals surface area contributed by atoms with Crippen molar-refractivity contribution in [1.82, 2.24) is 0 Å². The lowest BCUT2D eigenvalue weighted by Gasteiger charge is -2.11. The fourth-order valence-corrected chi connectivity index (χ4v) is 2.54. The third-order valence-corrected chi connectivity index (χ3v) is 3.74. The zero-order valence-electron chi connectivity index (χ0n) is 14.7. The van der Waals surface area contributed by atoms with Gasteiger partial charge in [-0.25, -0.2) is 4.39 Å². The average molecular weight is 368 g/mol. The Hall–Kier alpha value is -3.61. The first-order valence-corrected chi connectivity index (χ1v) is 8.09. The zero-order chi connectivity index (χ0) is 19.4. The minimum atomic E-state index is -0.532. The highest BCUT2D eigenvalue weighted by Gasteiger charge is 2.16. The maximum absolute atomic E-state index is 13.9. The highest BCUT2D eigenvalue weighted by Crippen LogP contribution is 2.29. The number of hydrogen-bond donors (Lipinski definition) is 2. The Kier molecular flexibility index (Phi) is 5.21. The van der Waals surface area contributed by atoms with Crippen LogP contribution in [0.5, 0.6) is 5.75 Å². The van der Waals surface area contributed by atoms with Crippen molar-refractivity contribution >= 4 is 23.2 Å². The summed E-state index contributed by atoms with van der Waals surface area (Å²) in [5.74, 6) is -0.534. The van der Waals surface area contributed by atoms with Crippen LogP contribution in [-0.4, -0.2) is 18.9 Å². The van der Waals surface area contributed by atoms with Crippen LogP contribution in [0.25, 0.3) is 11.3 Å². The summed E-state index contributed by atoms with van der Waals surface area (Å²) in [6.45, 7) is 1.38. The first kappa shape index (κ1) is 18.2. The van der Waals surface area contributed by atoms with E-state index in [1.807, 2.05) is 0 Å². The number of benzene rings is 2. The molecule has 0 fully saturated rings. The molecular formula is C20H17FN2O4. The number of methoxy groups -OCH3 is 1. The smallest absolute Gasteiger partial charge is 0.291 e. The normalized spacial score (nSPS) is 10.3. The molecule has 0 spiro atoms. The number of furan rings is 1. The molecule has 1 aromatic heterocycles. The Labute approximate surface area is 155 Å². The van der Waals surface area contributed by atoms with Gasteiger partial charge in [0.05, 0.1) is 18.4 Å². The molecule has 6 nitrogen and oxygen atoms in total. The van der Waals surface area contributed by atoms with Crippen molar-refractivity contribution in [3.8, 4) is 17.1 Å². The van der Waals surface area contributed by atoms with Gasteiger partial charge in [-0.1, -0.05) is 12.1 Å². The molecule has 3 aromatic rings. The predicted octanol–water partition coefficient (Wildman–Crippen LogP) is 4.31. The van der Waals surface area contributed by atoms with E-state index in [9.17, 15) is 14.0 Å². The van der Waals surface area contributed by atoms with Gasteiger partial charge in [-0.05, 0) is 42.5 Å². The maximum Gasteiger partial charge on any atom is 0.291 e. The van der Waals surface area contributed by atoms with Crippen molar-refractivity contribution in [1.29, 1.82) is 0 Å². The Morgan fingerprint density at radius 3 is 2.52 bits per heavy atom. The SMILES string of the molecule is COc1ccc(NC(C)=O)cc1NC(=O)c1ccc(-c2ccccc2F)o1. The van der Waals surface area contributed by atoms with Gasteiger partial charge in [0.15, 0.2) is 5.76 Å². The maximum atomic E-state index is 13.9. The van der Waals surface area contributed by atoms with E-state index < -0.39 is 11.7 Å². The second-order valence-electron chi connectivity index (χ2n) is 5.69. The van der Waals surface area contributed by atoms with Crippen molar-refractivity contribution in [2.45, 2.75) is 6.92 Å². The first-order chi connectivity index (χ1) is 13.0. The van der Waals surface area contributed by atoms with Gasteiger partial charge in [-0.3, -0.25) is 9.59 Å². The van der Waals surface area contributed by atoms with Crippen LogP contribution in [0.1, 0.15) is 17.5 Å². The van der Waals surface area contributed by atoms with Gasteiger partial charge in [-0.2, -0.15) is 0 Å². The van der Waals surface area contributed by atoms with Crippen LogP contribution in [0.3, 0.4) is 0 Å². The van der Waals surface area contributed by atoms with Crippen LogP contribution in [0.15, 0.2) is 59.0 Å². The van der Waals surface area contributed by atoms with Crippen molar-refractivity contribution in [3.63, 3.8) is 0 Å². The van der Waals surface area contributed by atoms with Gasteiger partial charge in [0.2, 0.25) is 5.91 Å². The van der Waals surface area contributed by atoms with Gasteiger partial charge in [-0.15, -0.1) is 0 Å². The van der Waals surface area contributed by atoms with Gasteiger partial charge >= 0.3 is 0 Å². The highest BCUT2D eigenvalue weighted by molar-refractivity contribution is 6.04. The summed E-state index contributed by atoms with van der Waals surface area (Å²) >= 11 is 0. The molecule has 0 aliphatic rings. The molecule has 0 radical (unpaired) electrons. The van der Waals surface area contributed by atoms with E-state index in [4.69, 9.17) is 9.15 Å². The molecule has 1 heterocycles. The minimum Gasteiger partial charge on any atom is -0.495 e. The third-order valence-electron chi connectivity index (χ3n) is 3.74. The Balaban J connectivity index is 1.84. The van der Waals surface area contributed by atoms with E-state index in [0.717, 1.165) is 0 Å². The lowest BCUT2D eigenvalue weighted by atomic mass is 10.1. The van der Waals surface area contributed by atoms with Crippen LogP contribution in [0.4, 0.5) is 15.8 Å². The molecule has 2 aromatic carbocycles. The minimum absolute atomic E-state index is 0.0141. The van der Waals surface area contributed by atoms with Gasteiger partial charge in [0.25, 0.3) is 5.91 Å². The Morgan fingerprint density at radius 2 is 1.81 bits per heavy atom. The monoisotopic (exact) mass is 368 g/mol. The molecule has 7 heteroatoms. The molecule has 0 bridgehead atoms. The number of halogens is 1. The van der Waals surface area contributed by atoms with Crippen molar-refractivity contribution in [2.24, 2.45) is 0 Å². The summed E-state index contributed by atoms with van der Waals surface area (Å²) < 4.78 is 24.6. The average Bonchev–Trinajstić information content (AvgIpc) is 3.12. The number of carbonyl (C=O) groups excluding carboxylic acids is 2. The largest absolute Gasteiger partial charge is 0.495 e. The van der Waals surface area contributed by atoms with E-state index in [0.29, 0.717) is 17.1 Å². The summed E-state index contributed by atoms with van der Waals surface area (Å²) in [5, 5.41) is 5.30. The van der Waals surface area contributed by atoms with Crippen molar-refractivity contribution in [3.05, 3.63) is 66.2 Å². The molecule has 0 saturated heterocycles. The topological polar surface area (TPSA) is 80.6 Å². The number of hydrogen-bond acceptors (Lipinski definition) is 4. The first-order valence-electron chi connectivity index (χ1n) is 8.09. The molecule has 0 unspecified atom stereocenters. The summed E-state index contributed by atoms with van der Waals surface area (Å²) in [5.41, 5.74) is 1.13. The molecule has 2 N–H and O–H groups in total. The number of carbonyl (C=O) groups is 2. The number of rotatable bonds is 5. The fraction of sp³-hybridized carbons (Fsp3) is 0.100. The lowest BCUT2D eigenvalue weighted by molar-refractivity contribution is -0.114. The molecule has 0 saturated carbocycles. The van der Waals surface area contributed by atoms with Crippen LogP contribution < -0.4 is 15.4 Å². The summed E-state index contributed by atoms with van der Waals surface area (Å²) in [4.78, 5) is 23.7. The number of anilines is 2. The van der Waals surface area contributed by atoms with Crippen LogP contribution in [0, 0.1) is 5.82 Å². The van der Waals surface area contributed by atoms with Crippen LogP contribution in [-0.2, 0) is 4.79 Å². The summed E-state index contributed by atoms with van der Waals surface area (Å²) in [6, 6.07) is 14.0. The van der Waals surface area contributed by atoms with Gasteiger partial charge in [0.1, 0.15) is 17.3 Å². The molecule has 138 valence electrons. The molecule has 3 rings (SSSR count). The van der Waals surface area contributed by atoms with Crippen molar-refractivity contribution in [2.75, 3.05) is 17.7 Å². The van der Waals surface area contributed by atoms with E-state index in [-0.39, 0.29) is 23.0 Å². The van der Waals surface area contributed by atoms with E-state index in [1.54, 1.807) is 36.4 Å². The van der Waals surface area contributed by atoms with E-state index in [2.05, 4.69) is 10.6 Å². The highest BCUT2D eigenvalue weighted by atomic mass is 19.1. The van der Waals surface area contributed by atoms with E-state index >= 15 is 0 Å². The second kappa shape index (κ2) is 7.74. The summed E-state index contributed by atoms with van der Waals surface area (Å²) in [7, 11) is 1.46. The van der Waals surface area contributed by atoms with E-state index in [1.165, 1.54) is 32.2 Å². The van der Waals surface area contributed by atoms with Crippen LogP contribution >= 0.6 is 0 Å². The molecule has 27 heavy (non-hydrogen) atoms. The summed E-state index contributed by atoms with van der Waals surface area (Å²) in [6.07, 6.45) is 0. The second-order valence-corrected chi connectivity index (χ2v) is 5.69. The molecular weight excluding hydrogens is 351 g/mol. The molecule has 2 amide bonds. The fourth-order valence-electron chi connectivity index (χ4n) is 2.54. The third kappa shape index (κ3) is 4.14. The zero-order valence-corrected chi connectivity index (χ0v) is 14.7. The molecule has 0 aliphatic carbocycles.